The molecule has 0 saturated heterocycles. The number of nitrogens with two attached hydrogens (primary N) is 1. The number of alkyl halides is 3. The molecule has 20 heavy (non-hydrogen) atoms. The van der Waals surface area contributed by atoms with Crippen LogP contribution in [0.15, 0.2) is 48.5 Å². The van der Waals surface area contributed by atoms with Crippen LogP contribution in [-0.4, -0.2) is 0 Å². The van der Waals surface area contributed by atoms with Crippen LogP contribution in [-0.2, 0) is 6.18 Å². The SMILES string of the molecule is CCC(N)c1cccc(-c2ccccc2C(F)(F)F)c1. The summed E-state index contributed by atoms with van der Waals surface area (Å²) in [5.74, 6) is 0. The first-order valence-electron chi connectivity index (χ1n) is 6.45. The van der Waals surface area contributed by atoms with Crippen molar-refractivity contribution in [3.05, 3.63) is 59.7 Å². The molecule has 4 heteroatoms. The molecule has 1 nitrogen and oxygen atoms in total. The van der Waals surface area contributed by atoms with Crippen molar-refractivity contribution in [3.63, 3.8) is 0 Å². The van der Waals surface area contributed by atoms with E-state index in [1.807, 2.05) is 13.0 Å². The summed E-state index contributed by atoms with van der Waals surface area (Å²) in [6.45, 7) is 1.95. The van der Waals surface area contributed by atoms with Gasteiger partial charge in [0, 0.05) is 6.04 Å². The molecule has 1 atom stereocenters. The molecule has 0 fully saturated rings. The van der Waals surface area contributed by atoms with Crippen LogP contribution in [0.1, 0.15) is 30.5 Å². The van der Waals surface area contributed by atoms with Crippen molar-refractivity contribution in [2.75, 3.05) is 0 Å². The Bertz CT molecular complexity index is 590. The smallest absolute Gasteiger partial charge is 0.324 e. The van der Waals surface area contributed by atoms with Crippen LogP contribution in [0.2, 0.25) is 0 Å². The van der Waals surface area contributed by atoms with Gasteiger partial charge in [-0.2, -0.15) is 13.2 Å². The summed E-state index contributed by atoms with van der Waals surface area (Å²) in [4.78, 5) is 0. The van der Waals surface area contributed by atoms with Crippen LogP contribution in [0.4, 0.5) is 13.2 Å². The fraction of sp³-hybridized carbons (Fsp3) is 0.250. The average molecular weight is 279 g/mol. The van der Waals surface area contributed by atoms with Crippen LogP contribution >= 0.6 is 0 Å². The first-order valence-corrected chi connectivity index (χ1v) is 6.45. The van der Waals surface area contributed by atoms with Crippen LogP contribution < -0.4 is 5.73 Å². The molecule has 0 aliphatic heterocycles. The van der Waals surface area contributed by atoms with Crippen LogP contribution in [0.25, 0.3) is 11.1 Å². The molecule has 0 aliphatic carbocycles. The van der Waals surface area contributed by atoms with E-state index >= 15 is 0 Å². The normalized spacial score (nSPS) is 13.2. The van der Waals surface area contributed by atoms with E-state index in [2.05, 4.69) is 0 Å². The van der Waals surface area contributed by atoms with Crippen molar-refractivity contribution in [3.8, 4) is 11.1 Å². The van der Waals surface area contributed by atoms with Crippen molar-refractivity contribution in [1.82, 2.24) is 0 Å². The monoisotopic (exact) mass is 279 g/mol. The Labute approximate surface area is 116 Å². The predicted molar refractivity (Wildman–Crippen MR) is 74.1 cm³/mol. The molecule has 0 heterocycles. The van der Waals surface area contributed by atoms with E-state index in [0.717, 1.165) is 18.1 Å². The first kappa shape index (κ1) is 14.6. The Kier molecular flexibility index (Phi) is 4.14. The molecule has 0 bridgehead atoms. The molecular weight excluding hydrogens is 263 g/mol. The minimum atomic E-state index is -4.36. The summed E-state index contributed by atoms with van der Waals surface area (Å²) in [6, 6.07) is 12.4. The summed E-state index contributed by atoms with van der Waals surface area (Å²) in [5.41, 5.74) is 6.90. The lowest BCUT2D eigenvalue weighted by Gasteiger charge is -2.15. The Morgan fingerprint density at radius 3 is 2.40 bits per heavy atom. The van der Waals surface area contributed by atoms with Crippen molar-refractivity contribution in [1.29, 1.82) is 0 Å². The van der Waals surface area contributed by atoms with Crippen LogP contribution in [0.5, 0.6) is 0 Å². The third kappa shape index (κ3) is 3.02. The quantitative estimate of drug-likeness (QED) is 0.859. The van der Waals surface area contributed by atoms with Crippen LogP contribution in [0.3, 0.4) is 0 Å². The fourth-order valence-electron chi connectivity index (χ4n) is 2.15. The van der Waals surface area contributed by atoms with Gasteiger partial charge in [0.1, 0.15) is 0 Å². The number of hydrogen-bond acceptors (Lipinski definition) is 1. The lowest BCUT2D eigenvalue weighted by molar-refractivity contribution is -0.137. The molecule has 2 rings (SSSR count). The Morgan fingerprint density at radius 2 is 1.75 bits per heavy atom. The molecular formula is C16H16F3N. The average Bonchev–Trinajstić information content (AvgIpc) is 2.45. The summed E-state index contributed by atoms with van der Waals surface area (Å²) >= 11 is 0. The number of halogens is 3. The minimum Gasteiger partial charge on any atom is -0.324 e. The summed E-state index contributed by atoms with van der Waals surface area (Å²) in [5, 5.41) is 0. The third-order valence-corrected chi connectivity index (χ3v) is 3.30. The molecule has 106 valence electrons. The topological polar surface area (TPSA) is 26.0 Å². The third-order valence-electron chi connectivity index (χ3n) is 3.30. The van der Waals surface area contributed by atoms with E-state index in [1.165, 1.54) is 12.1 Å². The van der Waals surface area contributed by atoms with E-state index in [9.17, 15) is 13.2 Å². The highest BCUT2D eigenvalue weighted by molar-refractivity contribution is 5.68. The molecule has 2 aromatic carbocycles. The molecule has 0 aromatic heterocycles. The van der Waals surface area contributed by atoms with Crippen molar-refractivity contribution >= 4 is 0 Å². The predicted octanol–water partition coefficient (Wildman–Crippen LogP) is 4.78. The van der Waals surface area contributed by atoms with E-state index in [4.69, 9.17) is 5.73 Å². The molecule has 2 N–H and O–H groups in total. The molecule has 0 saturated carbocycles. The van der Waals surface area contributed by atoms with Crippen molar-refractivity contribution in [2.45, 2.75) is 25.6 Å². The van der Waals surface area contributed by atoms with Crippen molar-refractivity contribution in [2.24, 2.45) is 5.73 Å². The van der Waals surface area contributed by atoms with Gasteiger partial charge < -0.3 is 5.73 Å². The first-order chi connectivity index (χ1) is 9.43. The summed E-state index contributed by atoms with van der Waals surface area (Å²) in [6.07, 6.45) is -3.62. The highest BCUT2D eigenvalue weighted by Crippen LogP contribution is 2.37. The van der Waals surface area contributed by atoms with Gasteiger partial charge >= 0.3 is 6.18 Å². The maximum atomic E-state index is 13.0. The number of rotatable bonds is 3. The molecule has 0 radical (unpaired) electrons. The van der Waals surface area contributed by atoms with Gasteiger partial charge in [-0.05, 0) is 35.2 Å². The lowest BCUT2D eigenvalue weighted by Crippen LogP contribution is -2.09. The standard InChI is InChI=1S/C16H16F3N/c1-2-15(20)12-7-5-6-11(10-12)13-8-3-4-9-14(13)16(17,18)19/h3-10,15H,2,20H2,1H3. The molecule has 0 aliphatic rings. The van der Waals surface area contributed by atoms with E-state index in [-0.39, 0.29) is 11.6 Å². The number of benzene rings is 2. The maximum absolute atomic E-state index is 13.0. The van der Waals surface area contributed by atoms with Crippen molar-refractivity contribution < 1.29 is 13.2 Å². The zero-order valence-electron chi connectivity index (χ0n) is 11.1. The highest BCUT2D eigenvalue weighted by Gasteiger charge is 2.33. The van der Waals surface area contributed by atoms with E-state index < -0.39 is 11.7 Å². The highest BCUT2D eigenvalue weighted by atomic mass is 19.4. The van der Waals surface area contributed by atoms with Gasteiger partial charge in [0.15, 0.2) is 0 Å². The Hall–Kier alpha value is -1.81. The molecule has 1 unspecified atom stereocenters. The Morgan fingerprint density at radius 1 is 1.05 bits per heavy atom. The van der Waals surface area contributed by atoms with E-state index in [0.29, 0.717) is 5.56 Å². The maximum Gasteiger partial charge on any atom is 0.417 e. The minimum absolute atomic E-state index is 0.159. The number of hydrogen-bond donors (Lipinski definition) is 1. The zero-order valence-corrected chi connectivity index (χ0v) is 11.1. The molecule has 0 amide bonds. The van der Waals surface area contributed by atoms with Gasteiger partial charge in [0.2, 0.25) is 0 Å². The summed E-state index contributed by atoms with van der Waals surface area (Å²) < 4.78 is 39.1. The van der Waals surface area contributed by atoms with Gasteiger partial charge in [-0.3, -0.25) is 0 Å². The van der Waals surface area contributed by atoms with Crippen LogP contribution in [0, 0.1) is 0 Å². The van der Waals surface area contributed by atoms with Gasteiger partial charge in [0.25, 0.3) is 0 Å². The van der Waals surface area contributed by atoms with Gasteiger partial charge in [-0.25, -0.2) is 0 Å². The lowest BCUT2D eigenvalue weighted by atomic mass is 9.95. The second-order valence-electron chi connectivity index (χ2n) is 4.68. The second kappa shape index (κ2) is 5.67. The zero-order chi connectivity index (χ0) is 14.8. The molecule has 0 spiro atoms. The fourth-order valence-corrected chi connectivity index (χ4v) is 2.15. The molecule has 2 aromatic rings. The largest absolute Gasteiger partial charge is 0.417 e. The second-order valence-corrected chi connectivity index (χ2v) is 4.68. The van der Waals surface area contributed by atoms with Gasteiger partial charge in [0.05, 0.1) is 5.56 Å². The summed E-state index contributed by atoms with van der Waals surface area (Å²) in [7, 11) is 0. The van der Waals surface area contributed by atoms with Gasteiger partial charge in [-0.15, -0.1) is 0 Å². The Balaban J connectivity index is 2.52. The van der Waals surface area contributed by atoms with Gasteiger partial charge in [-0.1, -0.05) is 43.3 Å². The van der Waals surface area contributed by atoms with E-state index in [1.54, 1.807) is 24.3 Å².